The molecule has 1 N–H and O–H groups in total. The molecule has 5 nitrogen and oxygen atoms in total. The summed E-state index contributed by atoms with van der Waals surface area (Å²) in [5.41, 5.74) is -0.417. The third kappa shape index (κ3) is 5.44. The third-order valence-electron chi connectivity index (χ3n) is 3.55. The minimum absolute atomic E-state index is 0. The number of unbranched alkanes of at least 4 members (excludes halogenated alkanes) is 5. The standard InChI is InChI=1S/C17H22O5.Na/c1-2-3-4-5-6-7-10-21-16-15(19)13-9-8-12(18)11-14(13)22-17(16)20;/h8-9,11,18,20H,2-7,10H2,1H3;/q;+1/p-1. The molecule has 0 radical (unpaired) electrons. The number of hydrogen-bond acceptors (Lipinski definition) is 5. The number of fused-ring (bicyclic) bond motifs is 1. The summed E-state index contributed by atoms with van der Waals surface area (Å²) in [6.07, 6.45) is 6.57. The molecule has 0 fully saturated rings. The number of aromatic hydroxyl groups is 1. The van der Waals surface area contributed by atoms with E-state index in [9.17, 15) is 15.0 Å². The smallest absolute Gasteiger partial charge is 0.576 e. The summed E-state index contributed by atoms with van der Waals surface area (Å²) in [5.74, 6) is -1.13. The molecule has 1 aromatic heterocycles. The van der Waals surface area contributed by atoms with Crippen molar-refractivity contribution in [3.63, 3.8) is 0 Å². The molecule has 2 aromatic rings. The second kappa shape index (κ2) is 9.85. The van der Waals surface area contributed by atoms with Crippen LogP contribution in [0.4, 0.5) is 0 Å². The van der Waals surface area contributed by atoms with Crippen LogP contribution in [0.5, 0.6) is 17.4 Å². The Balaban J connectivity index is 0.00000264. The van der Waals surface area contributed by atoms with E-state index < -0.39 is 11.4 Å². The minimum atomic E-state index is -0.797. The molecular weight excluding hydrogens is 307 g/mol. The number of phenols is 1. The van der Waals surface area contributed by atoms with Crippen molar-refractivity contribution in [2.24, 2.45) is 0 Å². The van der Waals surface area contributed by atoms with Crippen LogP contribution < -0.4 is 44.8 Å². The molecule has 0 saturated heterocycles. The van der Waals surface area contributed by atoms with E-state index in [4.69, 9.17) is 9.15 Å². The topological polar surface area (TPSA) is 82.7 Å². The Morgan fingerprint density at radius 3 is 2.61 bits per heavy atom. The SMILES string of the molecule is CCCCCCCCOc1c([O-])oc2cc(O)ccc2c1=O.[Na+]. The molecule has 2 rings (SSSR count). The van der Waals surface area contributed by atoms with Crippen LogP contribution in [0.25, 0.3) is 11.0 Å². The van der Waals surface area contributed by atoms with Crippen LogP contribution in [0.1, 0.15) is 45.4 Å². The maximum atomic E-state index is 12.2. The van der Waals surface area contributed by atoms with Crippen LogP contribution in [0.3, 0.4) is 0 Å². The molecule has 23 heavy (non-hydrogen) atoms. The van der Waals surface area contributed by atoms with Crippen molar-refractivity contribution >= 4 is 11.0 Å². The molecule has 0 unspecified atom stereocenters. The maximum absolute atomic E-state index is 12.2. The van der Waals surface area contributed by atoms with Crippen molar-refractivity contribution in [1.29, 1.82) is 0 Å². The van der Waals surface area contributed by atoms with Crippen LogP contribution in [0, 0.1) is 0 Å². The van der Waals surface area contributed by atoms with Crippen LogP contribution in [-0.4, -0.2) is 11.7 Å². The summed E-state index contributed by atoms with van der Waals surface area (Å²) >= 11 is 0. The Hall–Kier alpha value is -1.17. The fraction of sp³-hybridized carbons (Fsp3) is 0.471. The predicted octanol–water partition coefficient (Wildman–Crippen LogP) is 0.315. The van der Waals surface area contributed by atoms with Crippen LogP contribution in [0.15, 0.2) is 27.4 Å². The first kappa shape index (κ1) is 19.9. The maximum Gasteiger partial charge on any atom is 1.00 e. The zero-order valence-corrected chi connectivity index (χ0v) is 15.8. The van der Waals surface area contributed by atoms with Crippen molar-refractivity contribution in [3.8, 4) is 17.4 Å². The molecule has 1 heterocycles. The zero-order valence-electron chi connectivity index (χ0n) is 13.8. The molecule has 0 spiro atoms. The molecule has 1 aromatic carbocycles. The van der Waals surface area contributed by atoms with Crippen LogP contribution in [0.2, 0.25) is 0 Å². The molecule has 0 aliphatic carbocycles. The fourth-order valence-corrected chi connectivity index (χ4v) is 2.33. The van der Waals surface area contributed by atoms with Gasteiger partial charge in [0.25, 0.3) is 0 Å². The van der Waals surface area contributed by atoms with E-state index in [-0.39, 0.29) is 52.0 Å². The van der Waals surface area contributed by atoms with Crippen LogP contribution >= 0.6 is 0 Å². The molecule has 0 saturated carbocycles. The third-order valence-corrected chi connectivity index (χ3v) is 3.55. The second-order valence-electron chi connectivity index (χ2n) is 5.34. The van der Waals surface area contributed by atoms with Crippen molar-refractivity contribution in [1.82, 2.24) is 0 Å². The number of hydrogen-bond donors (Lipinski definition) is 1. The summed E-state index contributed by atoms with van der Waals surface area (Å²) in [7, 11) is 0. The van der Waals surface area contributed by atoms with Gasteiger partial charge in [-0.2, -0.15) is 0 Å². The average Bonchev–Trinajstić information content (AvgIpc) is 2.48. The monoisotopic (exact) mass is 328 g/mol. The number of rotatable bonds is 8. The summed E-state index contributed by atoms with van der Waals surface area (Å²) in [4.78, 5) is 12.2. The molecule has 6 heteroatoms. The van der Waals surface area contributed by atoms with Crippen LogP contribution in [-0.2, 0) is 0 Å². The molecule has 0 amide bonds. The van der Waals surface area contributed by atoms with E-state index in [0.717, 1.165) is 19.3 Å². The first-order valence-corrected chi connectivity index (χ1v) is 7.73. The summed E-state index contributed by atoms with van der Waals surface area (Å²) in [6, 6.07) is 4.05. The first-order valence-electron chi connectivity index (χ1n) is 7.73. The van der Waals surface area contributed by atoms with Gasteiger partial charge in [-0.15, -0.1) is 0 Å². The van der Waals surface area contributed by atoms with Gasteiger partial charge in [-0.1, -0.05) is 39.0 Å². The molecule has 0 atom stereocenters. The quantitative estimate of drug-likeness (QED) is 0.557. The van der Waals surface area contributed by atoms with Crippen molar-refractivity contribution in [2.75, 3.05) is 6.61 Å². The van der Waals surface area contributed by atoms with E-state index >= 15 is 0 Å². The van der Waals surface area contributed by atoms with E-state index in [2.05, 4.69) is 6.92 Å². The zero-order chi connectivity index (χ0) is 15.9. The van der Waals surface area contributed by atoms with E-state index in [0.29, 0.717) is 6.61 Å². The largest absolute Gasteiger partial charge is 1.00 e. The van der Waals surface area contributed by atoms with Gasteiger partial charge in [0.15, 0.2) is 5.75 Å². The number of ether oxygens (including phenoxy) is 1. The number of phenolic OH excluding ortho intramolecular Hbond substituents is 1. The molecule has 0 aliphatic rings. The Kier molecular flexibility index (Phi) is 8.52. The van der Waals surface area contributed by atoms with Gasteiger partial charge in [-0.05, 0) is 24.6 Å². The number of benzene rings is 1. The van der Waals surface area contributed by atoms with Gasteiger partial charge in [0.1, 0.15) is 11.7 Å². The Labute approximate surface area is 157 Å². The summed E-state index contributed by atoms with van der Waals surface area (Å²) in [6.45, 7) is 2.49. The summed E-state index contributed by atoms with van der Waals surface area (Å²) in [5, 5.41) is 21.4. The molecular formula is C17H21NaO5. The van der Waals surface area contributed by atoms with E-state index in [1.807, 2.05) is 0 Å². The summed E-state index contributed by atoms with van der Waals surface area (Å²) < 4.78 is 10.4. The predicted molar refractivity (Wildman–Crippen MR) is 82.5 cm³/mol. The van der Waals surface area contributed by atoms with Crippen molar-refractivity contribution < 1.29 is 48.9 Å². The van der Waals surface area contributed by atoms with Gasteiger partial charge in [0.2, 0.25) is 5.43 Å². The molecule has 0 aliphatic heterocycles. The van der Waals surface area contributed by atoms with Crippen molar-refractivity contribution in [2.45, 2.75) is 45.4 Å². The van der Waals surface area contributed by atoms with Gasteiger partial charge in [0, 0.05) is 11.0 Å². The van der Waals surface area contributed by atoms with Gasteiger partial charge in [0.05, 0.1) is 6.61 Å². The molecule has 120 valence electrons. The molecule has 0 bridgehead atoms. The van der Waals surface area contributed by atoms with Gasteiger partial charge in [-0.3, -0.25) is 4.79 Å². The first-order chi connectivity index (χ1) is 10.6. The van der Waals surface area contributed by atoms with E-state index in [1.165, 1.54) is 37.5 Å². The second-order valence-corrected chi connectivity index (χ2v) is 5.34. The Morgan fingerprint density at radius 1 is 1.17 bits per heavy atom. The fourth-order valence-electron chi connectivity index (χ4n) is 2.33. The Bertz CT molecular complexity index is 680. The minimum Gasteiger partial charge on any atom is -0.576 e. The average molecular weight is 328 g/mol. The van der Waals surface area contributed by atoms with E-state index in [1.54, 1.807) is 0 Å². The van der Waals surface area contributed by atoms with Crippen molar-refractivity contribution in [3.05, 3.63) is 28.4 Å². The Morgan fingerprint density at radius 2 is 1.87 bits per heavy atom. The normalized spacial score (nSPS) is 10.5. The van der Waals surface area contributed by atoms with Gasteiger partial charge in [-0.25, -0.2) is 0 Å². The van der Waals surface area contributed by atoms with Gasteiger partial charge < -0.3 is 19.4 Å². The van der Waals surface area contributed by atoms with Gasteiger partial charge >= 0.3 is 29.6 Å².